The number of benzene rings is 2. The number of nitrogens with zero attached hydrogens (tertiary/aromatic N) is 2. The number of carbonyl (C=O) groups is 1. The van der Waals surface area contributed by atoms with Crippen molar-refractivity contribution in [2.24, 2.45) is 0 Å². The summed E-state index contributed by atoms with van der Waals surface area (Å²) in [4.78, 5) is 12.6. The standard InChI is InChI=1S/C24H25Cl2N3O7/c1-12-18(31-2)19(32-3)20(33-4)23(34-12)36-24(30)27-15-8-5-13(6-9-15)21-28-29-22(35-21)16-10-7-14(25)11-17(16)26/h5-12,18-20,23H,1-4H3,(H,27,30)/t12-,18-,19+,20+,23-/m0/s1. The van der Waals surface area contributed by atoms with Gasteiger partial charge in [0.2, 0.25) is 18.1 Å². The molecule has 0 spiro atoms. The fraction of sp³-hybridized carbons (Fsp3) is 0.375. The van der Waals surface area contributed by atoms with Crippen molar-refractivity contribution in [2.75, 3.05) is 26.6 Å². The van der Waals surface area contributed by atoms with Gasteiger partial charge in [-0.3, -0.25) is 5.32 Å². The van der Waals surface area contributed by atoms with Gasteiger partial charge >= 0.3 is 6.09 Å². The lowest BCUT2D eigenvalue weighted by Gasteiger charge is -2.43. The van der Waals surface area contributed by atoms with Crippen molar-refractivity contribution in [3.63, 3.8) is 0 Å². The molecule has 1 aromatic heterocycles. The lowest BCUT2D eigenvalue weighted by Crippen LogP contribution is -2.59. The first-order chi connectivity index (χ1) is 17.3. The van der Waals surface area contributed by atoms with Gasteiger partial charge in [-0.2, -0.15) is 0 Å². The van der Waals surface area contributed by atoms with Crippen molar-refractivity contribution in [1.29, 1.82) is 0 Å². The van der Waals surface area contributed by atoms with Crippen molar-refractivity contribution in [1.82, 2.24) is 10.2 Å². The van der Waals surface area contributed by atoms with E-state index in [-0.39, 0.29) is 24.0 Å². The van der Waals surface area contributed by atoms with Gasteiger partial charge in [-0.1, -0.05) is 23.2 Å². The quantitative estimate of drug-likeness (QED) is 0.442. The minimum atomic E-state index is -0.989. The zero-order valence-electron chi connectivity index (χ0n) is 19.9. The predicted octanol–water partition coefficient (Wildman–Crippen LogP) is 5.05. The number of ether oxygens (including phenoxy) is 5. The Morgan fingerprint density at radius 3 is 2.22 bits per heavy atom. The molecule has 12 heteroatoms. The van der Waals surface area contributed by atoms with Gasteiger partial charge in [0.05, 0.1) is 16.7 Å². The van der Waals surface area contributed by atoms with Crippen LogP contribution in [0.4, 0.5) is 10.5 Å². The van der Waals surface area contributed by atoms with E-state index in [1.54, 1.807) is 49.6 Å². The fourth-order valence-corrected chi connectivity index (χ4v) is 4.46. The minimum absolute atomic E-state index is 0.261. The molecule has 1 aliphatic rings. The molecule has 0 unspecified atom stereocenters. The molecule has 5 atom stereocenters. The van der Waals surface area contributed by atoms with Crippen LogP contribution in [0, 0.1) is 0 Å². The van der Waals surface area contributed by atoms with Crippen LogP contribution in [0.5, 0.6) is 0 Å². The monoisotopic (exact) mass is 537 g/mol. The fourth-order valence-electron chi connectivity index (χ4n) is 3.97. The number of hydrogen-bond acceptors (Lipinski definition) is 9. The second kappa shape index (κ2) is 11.5. The highest BCUT2D eigenvalue weighted by atomic mass is 35.5. The second-order valence-corrected chi connectivity index (χ2v) is 8.80. The average Bonchev–Trinajstić information content (AvgIpc) is 3.34. The molecule has 0 radical (unpaired) electrons. The number of methoxy groups -OCH3 is 3. The number of anilines is 1. The van der Waals surface area contributed by atoms with Crippen LogP contribution >= 0.6 is 23.2 Å². The van der Waals surface area contributed by atoms with Gasteiger partial charge in [0, 0.05) is 37.6 Å². The molecule has 192 valence electrons. The molecule has 1 aliphatic heterocycles. The van der Waals surface area contributed by atoms with Crippen molar-refractivity contribution in [3.05, 3.63) is 52.5 Å². The maximum atomic E-state index is 12.6. The van der Waals surface area contributed by atoms with Crippen LogP contribution in [0.3, 0.4) is 0 Å². The Labute approximate surface area is 217 Å². The normalized spacial score (nSPS) is 23.9. The van der Waals surface area contributed by atoms with E-state index in [4.69, 9.17) is 51.3 Å². The van der Waals surface area contributed by atoms with Gasteiger partial charge in [0.1, 0.15) is 18.3 Å². The summed E-state index contributed by atoms with van der Waals surface area (Å²) in [5, 5.41) is 11.7. The van der Waals surface area contributed by atoms with Gasteiger partial charge in [-0.15, -0.1) is 10.2 Å². The van der Waals surface area contributed by atoms with E-state index in [9.17, 15) is 4.79 Å². The molecular formula is C24H25Cl2N3O7. The molecule has 4 rings (SSSR count). The van der Waals surface area contributed by atoms with E-state index < -0.39 is 24.6 Å². The van der Waals surface area contributed by atoms with Crippen molar-refractivity contribution >= 4 is 35.0 Å². The number of aromatic nitrogens is 2. The molecule has 0 saturated carbocycles. The third-order valence-electron chi connectivity index (χ3n) is 5.73. The van der Waals surface area contributed by atoms with Crippen molar-refractivity contribution in [3.8, 4) is 22.9 Å². The van der Waals surface area contributed by atoms with Gasteiger partial charge in [-0.25, -0.2) is 4.79 Å². The van der Waals surface area contributed by atoms with Crippen LogP contribution in [-0.2, 0) is 23.7 Å². The second-order valence-electron chi connectivity index (χ2n) is 7.95. The molecule has 36 heavy (non-hydrogen) atoms. The molecule has 1 amide bonds. The lowest BCUT2D eigenvalue weighted by molar-refractivity contribution is -0.288. The summed E-state index contributed by atoms with van der Waals surface area (Å²) in [6.07, 6.45) is -3.63. The molecule has 1 fully saturated rings. The highest BCUT2D eigenvalue weighted by molar-refractivity contribution is 6.36. The highest BCUT2D eigenvalue weighted by Gasteiger charge is 2.47. The topological polar surface area (TPSA) is 114 Å². The molecule has 0 bridgehead atoms. The Kier molecular flexibility index (Phi) is 8.45. The SMILES string of the molecule is CO[C@@H]1[C@@H](OC)[C@H](C)O[C@@H](OC(=O)Nc2ccc(-c3nnc(-c4ccc(Cl)cc4Cl)o3)cc2)[C@@H]1OC. The zero-order valence-corrected chi connectivity index (χ0v) is 21.4. The van der Waals surface area contributed by atoms with Crippen LogP contribution in [0.25, 0.3) is 22.9 Å². The smallest absolute Gasteiger partial charge is 0.414 e. The van der Waals surface area contributed by atoms with E-state index in [2.05, 4.69) is 15.5 Å². The van der Waals surface area contributed by atoms with Crippen LogP contribution in [-0.4, -0.2) is 68.3 Å². The highest BCUT2D eigenvalue weighted by Crippen LogP contribution is 2.32. The molecule has 2 heterocycles. The molecule has 1 N–H and O–H groups in total. The van der Waals surface area contributed by atoms with Crippen molar-refractivity contribution < 1.29 is 32.9 Å². The number of rotatable bonds is 7. The Bertz CT molecular complexity index is 1190. The molecular weight excluding hydrogens is 513 g/mol. The summed E-state index contributed by atoms with van der Waals surface area (Å²) >= 11 is 12.2. The zero-order chi connectivity index (χ0) is 25.8. The third kappa shape index (κ3) is 5.64. The van der Waals surface area contributed by atoms with E-state index in [1.807, 2.05) is 6.92 Å². The average molecular weight is 538 g/mol. The molecule has 0 aliphatic carbocycles. The summed E-state index contributed by atoms with van der Waals surface area (Å²) in [5.41, 5.74) is 1.71. The molecule has 2 aromatic carbocycles. The van der Waals surface area contributed by atoms with Gasteiger partial charge in [-0.05, 0) is 49.4 Å². The molecule has 3 aromatic rings. The third-order valence-corrected chi connectivity index (χ3v) is 6.28. The number of amides is 1. The van der Waals surface area contributed by atoms with E-state index in [0.29, 0.717) is 26.9 Å². The van der Waals surface area contributed by atoms with Crippen LogP contribution in [0.15, 0.2) is 46.9 Å². The predicted molar refractivity (Wildman–Crippen MR) is 132 cm³/mol. The van der Waals surface area contributed by atoms with Gasteiger partial charge < -0.3 is 28.1 Å². The first-order valence-corrected chi connectivity index (χ1v) is 11.7. The summed E-state index contributed by atoms with van der Waals surface area (Å²) in [7, 11) is 4.58. The summed E-state index contributed by atoms with van der Waals surface area (Å²) in [5.74, 6) is 0.549. The minimum Gasteiger partial charge on any atom is -0.416 e. The first kappa shape index (κ1) is 26.3. The van der Waals surface area contributed by atoms with E-state index in [1.165, 1.54) is 14.2 Å². The van der Waals surface area contributed by atoms with E-state index in [0.717, 1.165) is 0 Å². The number of nitrogens with one attached hydrogen (secondary N) is 1. The summed E-state index contributed by atoms with van der Waals surface area (Å²) in [6, 6.07) is 11.8. The Balaban J connectivity index is 1.40. The Morgan fingerprint density at radius 1 is 0.917 bits per heavy atom. The molecule has 10 nitrogen and oxygen atoms in total. The summed E-state index contributed by atoms with van der Waals surface area (Å²) < 4.78 is 33.5. The van der Waals surface area contributed by atoms with Gasteiger partial charge in [0.15, 0.2) is 0 Å². The molecule has 1 saturated heterocycles. The Hall–Kier alpha value is -2.73. The summed E-state index contributed by atoms with van der Waals surface area (Å²) in [6.45, 7) is 1.81. The van der Waals surface area contributed by atoms with E-state index >= 15 is 0 Å². The maximum Gasteiger partial charge on any atom is 0.414 e. The number of hydrogen-bond donors (Lipinski definition) is 1. The lowest BCUT2D eigenvalue weighted by atomic mass is 9.99. The van der Waals surface area contributed by atoms with Crippen LogP contribution < -0.4 is 5.32 Å². The maximum absolute atomic E-state index is 12.6. The van der Waals surface area contributed by atoms with Crippen LogP contribution in [0.1, 0.15) is 6.92 Å². The van der Waals surface area contributed by atoms with Crippen molar-refractivity contribution in [2.45, 2.75) is 37.6 Å². The first-order valence-electron chi connectivity index (χ1n) is 11.0. The van der Waals surface area contributed by atoms with Crippen LogP contribution in [0.2, 0.25) is 10.0 Å². The number of halogens is 2. The largest absolute Gasteiger partial charge is 0.416 e. The van der Waals surface area contributed by atoms with Gasteiger partial charge in [0.25, 0.3) is 0 Å². The Morgan fingerprint density at radius 2 is 1.58 bits per heavy atom. The number of carbonyl (C=O) groups excluding carboxylic acids is 1.